The molecule has 1 fully saturated rings. The smallest absolute Gasteiger partial charge is 0.262 e. The summed E-state index contributed by atoms with van der Waals surface area (Å²) in [5.74, 6) is -0.140. The van der Waals surface area contributed by atoms with Gasteiger partial charge >= 0.3 is 0 Å². The fourth-order valence-electron chi connectivity index (χ4n) is 3.33. The lowest BCUT2D eigenvalue weighted by Crippen LogP contribution is -2.29. The summed E-state index contributed by atoms with van der Waals surface area (Å²) in [7, 11) is -7.65. The molecule has 3 rings (SSSR count). The average Bonchev–Trinajstić information content (AvgIpc) is 2.88. The molecule has 1 aliphatic heterocycles. The van der Waals surface area contributed by atoms with Crippen molar-refractivity contribution in [2.45, 2.75) is 32.1 Å². The summed E-state index contributed by atoms with van der Waals surface area (Å²) in [4.78, 5) is 12.1. The molecular weight excluding hydrogens is 416 g/mol. The van der Waals surface area contributed by atoms with Crippen molar-refractivity contribution in [3.8, 4) is 5.75 Å². The first kappa shape index (κ1) is 21.1. The van der Waals surface area contributed by atoms with Gasteiger partial charge in [-0.05, 0) is 68.3 Å². The summed E-state index contributed by atoms with van der Waals surface area (Å²) in [6.07, 6.45) is -0.0836. The van der Waals surface area contributed by atoms with Crippen molar-refractivity contribution < 1.29 is 26.4 Å². The van der Waals surface area contributed by atoms with Gasteiger partial charge in [-0.1, -0.05) is 0 Å². The highest BCUT2D eigenvalue weighted by molar-refractivity contribution is 7.94. The number of carbonyl (C=O) groups excluding carboxylic acids is 1. The topological polar surface area (TPSA) is 110 Å². The molecule has 0 atom stereocenters. The predicted octanol–water partition coefficient (Wildman–Crippen LogP) is 2.57. The zero-order valence-electron chi connectivity index (χ0n) is 16.3. The Labute approximate surface area is 170 Å². The Hall–Kier alpha value is -2.59. The molecular formula is C19H22N2O6S2. The summed E-state index contributed by atoms with van der Waals surface area (Å²) >= 11 is 0. The van der Waals surface area contributed by atoms with Crippen LogP contribution in [0.5, 0.6) is 5.75 Å². The molecule has 10 heteroatoms. The lowest BCUT2D eigenvalue weighted by atomic mass is 10.1. The van der Waals surface area contributed by atoms with Crippen molar-refractivity contribution in [3.05, 3.63) is 47.5 Å². The van der Waals surface area contributed by atoms with Crippen LogP contribution < -0.4 is 13.8 Å². The zero-order valence-corrected chi connectivity index (χ0v) is 17.9. The number of hydrogen-bond acceptors (Lipinski definition) is 6. The van der Waals surface area contributed by atoms with Gasteiger partial charge in [0.25, 0.3) is 10.0 Å². The summed E-state index contributed by atoms with van der Waals surface area (Å²) in [5, 5.41) is 0. The van der Waals surface area contributed by atoms with E-state index < -0.39 is 26.0 Å². The Morgan fingerprint density at radius 2 is 1.69 bits per heavy atom. The first-order valence-corrected chi connectivity index (χ1v) is 12.1. The van der Waals surface area contributed by atoms with Gasteiger partial charge in [0.2, 0.25) is 15.9 Å². The number of aryl methyl sites for hydroxylation is 2. The van der Waals surface area contributed by atoms with E-state index in [1.807, 2.05) is 6.92 Å². The number of rotatable bonds is 6. The fourth-order valence-corrected chi connectivity index (χ4v) is 6.29. The van der Waals surface area contributed by atoms with Gasteiger partial charge in [-0.25, -0.2) is 21.1 Å². The summed E-state index contributed by atoms with van der Waals surface area (Å²) < 4.78 is 58.8. The highest BCUT2D eigenvalue weighted by Crippen LogP contribution is 2.32. The molecule has 0 radical (unpaired) electrons. The van der Waals surface area contributed by atoms with Gasteiger partial charge in [0.1, 0.15) is 5.75 Å². The van der Waals surface area contributed by atoms with Crippen molar-refractivity contribution in [3.63, 3.8) is 0 Å². The Kier molecular flexibility index (Phi) is 5.59. The van der Waals surface area contributed by atoms with E-state index >= 15 is 0 Å². The van der Waals surface area contributed by atoms with Crippen molar-refractivity contribution in [1.29, 1.82) is 0 Å². The van der Waals surface area contributed by atoms with Crippen LogP contribution in [0.2, 0.25) is 0 Å². The molecule has 0 spiro atoms. The van der Waals surface area contributed by atoms with Crippen LogP contribution in [0.4, 0.5) is 11.4 Å². The van der Waals surface area contributed by atoms with Gasteiger partial charge in [-0.3, -0.25) is 9.52 Å². The van der Waals surface area contributed by atoms with Crippen LogP contribution in [-0.4, -0.2) is 35.1 Å². The summed E-state index contributed by atoms with van der Waals surface area (Å²) in [6, 6.07) is 9.32. The number of ether oxygens (including phenoxy) is 1. The van der Waals surface area contributed by atoms with E-state index in [2.05, 4.69) is 4.72 Å². The minimum atomic E-state index is -3.93. The van der Waals surface area contributed by atoms with Crippen LogP contribution in [0.25, 0.3) is 0 Å². The lowest BCUT2D eigenvalue weighted by Gasteiger charge is -2.19. The molecule has 8 nitrogen and oxygen atoms in total. The van der Waals surface area contributed by atoms with Crippen LogP contribution in [0.3, 0.4) is 0 Å². The number of sulfonamides is 2. The normalized spacial score (nSPS) is 16.1. The van der Waals surface area contributed by atoms with Crippen molar-refractivity contribution in [1.82, 2.24) is 0 Å². The van der Waals surface area contributed by atoms with Crippen molar-refractivity contribution >= 4 is 37.3 Å². The van der Waals surface area contributed by atoms with Gasteiger partial charge in [-0.15, -0.1) is 0 Å². The second-order valence-electron chi connectivity index (χ2n) is 6.70. The third-order valence-electron chi connectivity index (χ3n) is 4.44. The Balaban J connectivity index is 1.95. The number of anilines is 2. The van der Waals surface area contributed by atoms with Gasteiger partial charge in [0, 0.05) is 12.1 Å². The van der Waals surface area contributed by atoms with Crippen LogP contribution in [0.1, 0.15) is 24.5 Å². The largest absolute Gasteiger partial charge is 0.494 e. The fraction of sp³-hybridized carbons (Fsp3) is 0.316. The quantitative estimate of drug-likeness (QED) is 0.742. The standard InChI is InChI=1S/C19H22N2O6S2/c1-4-27-17-7-5-15(6-8-17)20-29(25,26)19-13(2)11-16(12-14(19)3)21-18(22)9-10-28(21,23)24/h5-8,11-12,20H,4,9-10H2,1-3H3. The molecule has 29 heavy (non-hydrogen) atoms. The van der Waals surface area contributed by atoms with E-state index in [9.17, 15) is 21.6 Å². The highest BCUT2D eigenvalue weighted by atomic mass is 32.2. The maximum atomic E-state index is 12.9. The lowest BCUT2D eigenvalue weighted by molar-refractivity contribution is -0.116. The number of benzene rings is 2. The number of nitrogens with one attached hydrogen (secondary N) is 1. The first-order valence-electron chi connectivity index (χ1n) is 8.98. The third-order valence-corrected chi connectivity index (χ3v) is 7.82. The minimum Gasteiger partial charge on any atom is -0.494 e. The average molecular weight is 439 g/mol. The molecule has 156 valence electrons. The van der Waals surface area contributed by atoms with E-state index in [-0.39, 0.29) is 22.8 Å². The number of nitrogens with zero attached hydrogens (tertiary/aromatic N) is 1. The third kappa shape index (κ3) is 4.23. The molecule has 0 bridgehead atoms. The van der Waals surface area contributed by atoms with E-state index in [1.165, 1.54) is 12.1 Å². The van der Waals surface area contributed by atoms with Gasteiger partial charge < -0.3 is 4.74 Å². The molecule has 1 heterocycles. The SMILES string of the molecule is CCOc1ccc(NS(=O)(=O)c2c(C)cc(N3C(=O)CCS3(=O)=O)cc2C)cc1. The van der Waals surface area contributed by atoms with Gasteiger partial charge in [0.15, 0.2) is 0 Å². The zero-order chi connectivity index (χ0) is 21.4. The molecule has 1 saturated heterocycles. The van der Waals surface area contributed by atoms with Crippen LogP contribution in [0, 0.1) is 13.8 Å². The monoisotopic (exact) mass is 438 g/mol. The Morgan fingerprint density at radius 3 is 2.17 bits per heavy atom. The summed E-state index contributed by atoms with van der Waals surface area (Å²) in [5.41, 5.74) is 1.21. The van der Waals surface area contributed by atoms with E-state index in [0.717, 1.165) is 4.31 Å². The maximum Gasteiger partial charge on any atom is 0.262 e. The Bertz CT molecular complexity index is 1130. The molecule has 1 amide bonds. The number of hydrogen-bond donors (Lipinski definition) is 1. The van der Waals surface area contributed by atoms with Crippen molar-refractivity contribution in [2.24, 2.45) is 0 Å². The minimum absolute atomic E-state index is 0.0409. The summed E-state index contributed by atoms with van der Waals surface area (Å²) in [6.45, 7) is 5.49. The van der Waals surface area contributed by atoms with Crippen LogP contribution in [-0.2, 0) is 24.8 Å². The predicted molar refractivity (Wildman–Crippen MR) is 110 cm³/mol. The van der Waals surface area contributed by atoms with Gasteiger partial charge in [0.05, 0.1) is 22.9 Å². The van der Waals surface area contributed by atoms with Gasteiger partial charge in [-0.2, -0.15) is 0 Å². The van der Waals surface area contributed by atoms with E-state index in [1.54, 1.807) is 38.1 Å². The van der Waals surface area contributed by atoms with E-state index in [4.69, 9.17) is 4.74 Å². The van der Waals surface area contributed by atoms with Crippen LogP contribution >= 0.6 is 0 Å². The molecule has 0 saturated carbocycles. The second kappa shape index (κ2) is 7.68. The molecule has 0 aromatic heterocycles. The second-order valence-corrected chi connectivity index (χ2v) is 10.3. The first-order chi connectivity index (χ1) is 13.5. The van der Waals surface area contributed by atoms with Crippen molar-refractivity contribution in [2.75, 3.05) is 21.4 Å². The number of amides is 1. The molecule has 1 N–H and O–H groups in total. The van der Waals surface area contributed by atoms with E-state index in [0.29, 0.717) is 29.2 Å². The molecule has 2 aromatic rings. The van der Waals surface area contributed by atoms with Crippen LogP contribution in [0.15, 0.2) is 41.3 Å². The Morgan fingerprint density at radius 1 is 1.10 bits per heavy atom. The maximum absolute atomic E-state index is 12.9. The number of carbonyl (C=O) groups is 1. The molecule has 0 aliphatic carbocycles. The highest BCUT2D eigenvalue weighted by Gasteiger charge is 2.37. The molecule has 0 unspecified atom stereocenters. The molecule has 1 aliphatic rings. The molecule has 2 aromatic carbocycles.